The fourth-order valence-corrected chi connectivity index (χ4v) is 2.27. The van der Waals surface area contributed by atoms with Crippen molar-refractivity contribution in [1.29, 1.82) is 0 Å². The van der Waals surface area contributed by atoms with Gasteiger partial charge < -0.3 is 15.8 Å². The van der Waals surface area contributed by atoms with Crippen molar-refractivity contribution in [3.05, 3.63) is 34.9 Å². The average Bonchev–Trinajstić information content (AvgIpc) is 3.18. The molecular weight excluding hydrogens is 262 g/mol. The van der Waals surface area contributed by atoms with E-state index >= 15 is 0 Å². The van der Waals surface area contributed by atoms with E-state index in [-0.39, 0.29) is 5.41 Å². The molecule has 19 heavy (non-hydrogen) atoms. The summed E-state index contributed by atoms with van der Waals surface area (Å²) in [7, 11) is 1.66. The Morgan fingerprint density at radius 2 is 2.32 bits per heavy atom. The minimum absolute atomic E-state index is 0.137. The molecule has 0 aliphatic heterocycles. The Hall–Kier alpha value is -1.26. The normalized spacial score (nSPS) is 17.3. The molecule has 0 unspecified atom stereocenters. The first-order valence-corrected chi connectivity index (χ1v) is 6.83. The van der Waals surface area contributed by atoms with Crippen LogP contribution in [0.15, 0.2) is 29.3 Å². The zero-order valence-corrected chi connectivity index (χ0v) is 11.9. The molecule has 1 aromatic rings. The van der Waals surface area contributed by atoms with Crippen LogP contribution in [0.2, 0.25) is 5.02 Å². The minimum Gasteiger partial charge on any atom is -0.383 e. The molecule has 1 aliphatic rings. The molecular formula is C14H20ClN3O. The number of ether oxygens (including phenoxy) is 1. The van der Waals surface area contributed by atoms with Crippen LogP contribution < -0.4 is 11.1 Å². The van der Waals surface area contributed by atoms with Gasteiger partial charge in [-0.05, 0) is 30.5 Å². The summed E-state index contributed by atoms with van der Waals surface area (Å²) in [5.74, 6) is 0.477. The van der Waals surface area contributed by atoms with Crippen molar-refractivity contribution in [2.75, 3.05) is 26.8 Å². The van der Waals surface area contributed by atoms with Crippen molar-refractivity contribution < 1.29 is 4.74 Å². The SMILES string of the molecule is COCCNC(N)=NCC1(c2cccc(Cl)c2)CC1. The molecule has 5 heteroatoms. The number of hydrogen-bond donors (Lipinski definition) is 2. The molecule has 0 aromatic heterocycles. The summed E-state index contributed by atoms with van der Waals surface area (Å²) < 4.78 is 4.94. The third-order valence-corrected chi connectivity index (χ3v) is 3.69. The standard InChI is InChI=1S/C14H20ClN3O/c1-19-8-7-17-13(16)18-10-14(5-6-14)11-3-2-4-12(15)9-11/h2-4,9H,5-8,10H2,1H3,(H3,16,17,18). The van der Waals surface area contributed by atoms with E-state index < -0.39 is 0 Å². The van der Waals surface area contributed by atoms with Gasteiger partial charge in [0, 0.05) is 24.1 Å². The first kappa shape index (κ1) is 14.2. The summed E-state index contributed by atoms with van der Waals surface area (Å²) in [6, 6.07) is 8.02. The molecule has 0 atom stereocenters. The summed E-state index contributed by atoms with van der Waals surface area (Å²) in [5, 5.41) is 3.80. The van der Waals surface area contributed by atoms with Gasteiger partial charge in [0.25, 0.3) is 0 Å². The number of guanidine groups is 1. The van der Waals surface area contributed by atoms with Crippen LogP contribution in [-0.2, 0) is 10.2 Å². The Morgan fingerprint density at radius 1 is 1.53 bits per heavy atom. The van der Waals surface area contributed by atoms with Crippen molar-refractivity contribution in [1.82, 2.24) is 5.32 Å². The molecule has 0 radical (unpaired) electrons. The zero-order valence-electron chi connectivity index (χ0n) is 11.2. The lowest BCUT2D eigenvalue weighted by atomic mass is 9.96. The van der Waals surface area contributed by atoms with Crippen molar-refractivity contribution in [2.24, 2.45) is 10.7 Å². The van der Waals surface area contributed by atoms with Gasteiger partial charge in [-0.2, -0.15) is 0 Å². The Kier molecular flexibility index (Phi) is 4.66. The number of nitrogens with one attached hydrogen (secondary N) is 1. The van der Waals surface area contributed by atoms with Crippen LogP contribution in [0.1, 0.15) is 18.4 Å². The first-order chi connectivity index (χ1) is 9.16. The van der Waals surface area contributed by atoms with Crippen LogP contribution >= 0.6 is 11.6 Å². The van der Waals surface area contributed by atoms with Gasteiger partial charge in [-0.15, -0.1) is 0 Å². The molecule has 0 spiro atoms. The minimum atomic E-state index is 0.137. The van der Waals surface area contributed by atoms with Crippen LogP contribution in [0.4, 0.5) is 0 Å². The molecule has 2 rings (SSSR count). The third kappa shape index (κ3) is 3.85. The van der Waals surface area contributed by atoms with E-state index in [2.05, 4.69) is 16.4 Å². The van der Waals surface area contributed by atoms with Crippen molar-refractivity contribution in [3.8, 4) is 0 Å². The lowest BCUT2D eigenvalue weighted by molar-refractivity contribution is 0.204. The number of benzene rings is 1. The van der Waals surface area contributed by atoms with Crippen LogP contribution in [0, 0.1) is 0 Å². The summed E-state index contributed by atoms with van der Waals surface area (Å²) in [6.07, 6.45) is 2.28. The number of hydrogen-bond acceptors (Lipinski definition) is 2. The monoisotopic (exact) mass is 281 g/mol. The molecule has 1 fully saturated rings. The van der Waals surface area contributed by atoms with Crippen LogP contribution in [-0.4, -0.2) is 32.8 Å². The second-order valence-electron chi connectivity index (χ2n) is 4.91. The van der Waals surface area contributed by atoms with Crippen LogP contribution in [0.25, 0.3) is 0 Å². The van der Waals surface area contributed by atoms with E-state index in [1.165, 1.54) is 5.56 Å². The largest absolute Gasteiger partial charge is 0.383 e. The van der Waals surface area contributed by atoms with Crippen molar-refractivity contribution >= 4 is 17.6 Å². The van der Waals surface area contributed by atoms with E-state index in [0.29, 0.717) is 25.7 Å². The Labute approximate surface area is 119 Å². The second-order valence-corrected chi connectivity index (χ2v) is 5.35. The highest BCUT2D eigenvalue weighted by Crippen LogP contribution is 2.48. The van der Waals surface area contributed by atoms with Crippen molar-refractivity contribution in [2.45, 2.75) is 18.3 Å². The summed E-state index contributed by atoms with van der Waals surface area (Å²) in [5.41, 5.74) is 7.21. The highest BCUT2D eigenvalue weighted by Gasteiger charge is 2.44. The van der Waals surface area contributed by atoms with E-state index in [4.69, 9.17) is 22.1 Å². The van der Waals surface area contributed by atoms with Gasteiger partial charge in [0.2, 0.25) is 0 Å². The number of nitrogens with two attached hydrogens (primary N) is 1. The van der Waals surface area contributed by atoms with Crippen LogP contribution in [0.5, 0.6) is 0 Å². The molecule has 1 aromatic carbocycles. The predicted octanol–water partition coefficient (Wildman–Crippen LogP) is 1.92. The number of aliphatic imine (C=N–C) groups is 1. The molecule has 3 N–H and O–H groups in total. The van der Waals surface area contributed by atoms with E-state index in [9.17, 15) is 0 Å². The molecule has 1 saturated carbocycles. The van der Waals surface area contributed by atoms with Crippen molar-refractivity contribution in [3.63, 3.8) is 0 Å². The summed E-state index contributed by atoms with van der Waals surface area (Å²) in [6.45, 7) is 2.00. The lowest BCUT2D eigenvalue weighted by Gasteiger charge is -2.14. The van der Waals surface area contributed by atoms with Gasteiger partial charge in [-0.25, -0.2) is 0 Å². The molecule has 0 heterocycles. The number of halogens is 1. The highest BCUT2D eigenvalue weighted by atomic mass is 35.5. The molecule has 4 nitrogen and oxygen atoms in total. The van der Waals surface area contributed by atoms with E-state index in [0.717, 1.165) is 17.9 Å². The highest BCUT2D eigenvalue weighted by molar-refractivity contribution is 6.30. The van der Waals surface area contributed by atoms with Gasteiger partial charge in [-0.1, -0.05) is 23.7 Å². The number of methoxy groups -OCH3 is 1. The second kappa shape index (κ2) is 6.26. The topological polar surface area (TPSA) is 59.6 Å². The zero-order chi connectivity index (χ0) is 13.7. The maximum Gasteiger partial charge on any atom is 0.188 e. The Balaban J connectivity index is 1.93. The number of rotatable bonds is 6. The van der Waals surface area contributed by atoms with Gasteiger partial charge >= 0.3 is 0 Å². The maximum atomic E-state index is 6.04. The molecule has 0 amide bonds. The number of nitrogens with zero attached hydrogens (tertiary/aromatic N) is 1. The van der Waals surface area contributed by atoms with Gasteiger partial charge in [0.15, 0.2) is 5.96 Å². The fraction of sp³-hybridized carbons (Fsp3) is 0.500. The van der Waals surface area contributed by atoms with E-state index in [1.54, 1.807) is 7.11 Å². The summed E-state index contributed by atoms with van der Waals surface area (Å²) >= 11 is 6.04. The quantitative estimate of drug-likeness (QED) is 0.476. The fourth-order valence-electron chi connectivity index (χ4n) is 2.08. The van der Waals surface area contributed by atoms with Crippen LogP contribution in [0.3, 0.4) is 0 Å². The smallest absolute Gasteiger partial charge is 0.188 e. The molecule has 0 bridgehead atoms. The maximum absolute atomic E-state index is 6.04. The third-order valence-electron chi connectivity index (χ3n) is 3.45. The lowest BCUT2D eigenvalue weighted by Crippen LogP contribution is -2.34. The Bertz CT molecular complexity index is 458. The van der Waals surface area contributed by atoms with Gasteiger partial charge in [-0.3, -0.25) is 4.99 Å². The average molecular weight is 282 g/mol. The molecule has 0 saturated heterocycles. The summed E-state index contributed by atoms with van der Waals surface area (Å²) in [4.78, 5) is 4.42. The van der Waals surface area contributed by atoms with Gasteiger partial charge in [0.1, 0.15) is 0 Å². The molecule has 1 aliphatic carbocycles. The van der Waals surface area contributed by atoms with Gasteiger partial charge in [0.05, 0.1) is 13.2 Å². The predicted molar refractivity (Wildman–Crippen MR) is 78.7 cm³/mol. The first-order valence-electron chi connectivity index (χ1n) is 6.45. The van der Waals surface area contributed by atoms with E-state index in [1.807, 2.05) is 18.2 Å². The molecule has 104 valence electrons. The Morgan fingerprint density at radius 3 is 2.95 bits per heavy atom.